The van der Waals surface area contributed by atoms with E-state index in [1.54, 1.807) is 0 Å². The number of nitrogens with zero attached hydrogens (tertiary/aromatic N) is 1. The van der Waals surface area contributed by atoms with Gasteiger partial charge in [-0.3, -0.25) is 18.6 Å². The number of carbonyl (C=O) groups excluding carboxylic acids is 2. The smallest absolute Gasteiger partial charge is 0.456 e. The molecule has 0 saturated heterocycles. The fraction of sp³-hybridized carbons (Fsp3) is 0.726. The van der Waals surface area contributed by atoms with E-state index in [-0.39, 0.29) is 37.9 Å². The Bertz CT molecular complexity index is 1790. The fourth-order valence-corrected chi connectivity index (χ4v) is 10.2. The van der Waals surface area contributed by atoms with E-state index in [2.05, 4.69) is 123 Å². The summed E-state index contributed by atoms with van der Waals surface area (Å²) in [7, 11) is 1.45. The van der Waals surface area contributed by atoms with Gasteiger partial charge in [-0.25, -0.2) is 4.57 Å². The molecule has 3 atom stereocenters. The quantitative estimate of drug-likeness (QED) is 0.0205. The molecule has 0 aliphatic heterocycles. The average molecular weight is 1180 g/mol. The number of rotatable bonds is 61. The molecule has 0 rings (SSSR count). The molecule has 3 unspecified atom stereocenters. The number of ether oxygens (including phenoxy) is 1. The van der Waals surface area contributed by atoms with E-state index < -0.39 is 20.0 Å². The van der Waals surface area contributed by atoms with Crippen LogP contribution < -0.4 is 5.32 Å². The number of phosphoric ester groups is 1. The van der Waals surface area contributed by atoms with Crippen molar-refractivity contribution in [3.8, 4) is 0 Å². The SMILES string of the molecule is CC/C=C\C/C=C\C/C=C\C/C=C\C/C=C\CCCC(=O)NC(COP(=O)(O)OCC[N+](C)(C)C)C(/C=C\CCCCCCCCCCCCC)OC(=O)CCCCCCCCCCCCCCCC/C=C\C/C=C\C/C=C\CCCCC. The number of phosphoric acid groups is 1. The minimum Gasteiger partial charge on any atom is -0.456 e. The van der Waals surface area contributed by atoms with Crippen LogP contribution in [-0.2, 0) is 27.9 Å². The second-order valence-electron chi connectivity index (χ2n) is 24.0. The number of likely N-dealkylation sites (N-methyl/N-ethyl adjacent to an activating group) is 1. The van der Waals surface area contributed by atoms with Crippen LogP contribution in [0, 0.1) is 0 Å². The number of unbranched alkanes of at least 4 members (excludes halogenated alkanes) is 29. The molecule has 0 heterocycles. The molecule has 2 N–H and O–H groups in total. The van der Waals surface area contributed by atoms with Gasteiger partial charge in [0.2, 0.25) is 5.91 Å². The molecule has 0 fully saturated rings. The summed E-state index contributed by atoms with van der Waals surface area (Å²) in [6.45, 7) is 6.84. The summed E-state index contributed by atoms with van der Waals surface area (Å²) in [4.78, 5) is 37.8. The van der Waals surface area contributed by atoms with E-state index in [9.17, 15) is 19.0 Å². The topological polar surface area (TPSA) is 111 Å². The fourth-order valence-electron chi connectivity index (χ4n) is 9.45. The summed E-state index contributed by atoms with van der Waals surface area (Å²) in [5.74, 6) is -0.573. The zero-order valence-electron chi connectivity index (χ0n) is 54.7. The number of quaternary nitrogens is 1. The summed E-state index contributed by atoms with van der Waals surface area (Å²) in [5, 5.41) is 3.03. The molecule has 0 aromatic carbocycles. The normalized spacial score (nSPS) is 14.3. The highest BCUT2D eigenvalue weighted by Gasteiger charge is 2.30. The van der Waals surface area contributed by atoms with E-state index >= 15 is 0 Å². The highest BCUT2D eigenvalue weighted by Crippen LogP contribution is 2.43. The standard InChI is InChI=1S/C73H129N2O7P/c1-7-10-13-16-19-22-25-28-30-32-33-34-35-36-37-38-39-40-41-43-45-48-51-54-57-60-63-66-73(77)82-71(64-61-58-55-52-49-46-27-24-21-18-15-12-9-3)70(69-81-83(78,79)80-68-67-75(4,5)6)74-72(76)65-62-59-56-53-50-47-44-42-31-29-26-23-20-17-14-11-8-2/h11,14,19-20,22-23,28-31,33-34,44,47,53,56,61,64,70-71H,7-10,12-13,15-18,21,24-27,32,35-43,45-46,48-52,54-55,57-60,62-63,65-69H2,1-6H3,(H-,74,76,78,79)/p+1/b14-11-,22-19-,23-20-,30-28-,31-29-,34-33-,47-44-,56-53-,64-61-. The third-order valence-corrected chi connectivity index (χ3v) is 15.7. The van der Waals surface area contributed by atoms with Gasteiger partial charge in [0.25, 0.3) is 0 Å². The number of allylic oxidation sites excluding steroid dienone is 17. The monoisotopic (exact) mass is 1180 g/mol. The Morgan fingerprint density at radius 3 is 1.20 bits per heavy atom. The highest BCUT2D eigenvalue weighted by atomic mass is 31.2. The minimum atomic E-state index is -4.47. The number of nitrogens with one attached hydrogen (secondary N) is 1. The Morgan fingerprint density at radius 1 is 0.434 bits per heavy atom. The van der Waals surface area contributed by atoms with Crippen molar-refractivity contribution in [2.24, 2.45) is 0 Å². The molecule has 0 bridgehead atoms. The zero-order chi connectivity index (χ0) is 60.7. The predicted molar refractivity (Wildman–Crippen MR) is 360 cm³/mol. The van der Waals surface area contributed by atoms with E-state index in [1.807, 2.05) is 33.3 Å². The lowest BCUT2D eigenvalue weighted by atomic mass is 10.0. The number of carbonyl (C=O) groups is 2. The summed E-state index contributed by atoms with van der Waals surface area (Å²) in [6.07, 6.45) is 85.4. The first-order valence-corrected chi connectivity index (χ1v) is 35.7. The van der Waals surface area contributed by atoms with Crippen LogP contribution in [0.4, 0.5) is 0 Å². The molecular formula is C73H130N2O7P+. The van der Waals surface area contributed by atoms with Crippen LogP contribution in [0.1, 0.15) is 290 Å². The van der Waals surface area contributed by atoms with Crippen molar-refractivity contribution >= 4 is 19.7 Å². The third-order valence-electron chi connectivity index (χ3n) is 14.7. The van der Waals surface area contributed by atoms with Gasteiger partial charge in [0, 0.05) is 12.8 Å². The summed E-state index contributed by atoms with van der Waals surface area (Å²) in [6, 6.07) is -0.885. The van der Waals surface area contributed by atoms with Crippen molar-refractivity contribution in [2.75, 3.05) is 40.9 Å². The third kappa shape index (κ3) is 63.0. The number of amides is 1. The molecule has 1 amide bonds. The highest BCUT2D eigenvalue weighted by molar-refractivity contribution is 7.47. The molecule has 0 aliphatic carbocycles. The van der Waals surface area contributed by atoms with E-state index in [0.717, 1.165) is 89.9 Å². The predicted octanol–water partition coefficient (Wildman–Crippen LogP) is 21.7. The Morgan fingerprint density at radius 2 is 0.783 bits per heavy atom. The number of hydrogen-bond acceptors (Lipinski definition) is 6. The van der Waals surface area contributed by atoms with Gasteiger partial charge < -0.3 is 19.4 Å². The van der Waals surface area contributed by atoms with Crippen LogP contribution in [0.2, 0.25) is 0 Å². The first-order valence-electron chi connectivity index (χ1n) is 34.2. The molecule has 0 aliphatic rings. The van der Waals surface area contributed by atoms with E-state index in [1.165, 1.54) is 161 Å². The van der Waals surface area contributed by atoms with Gasteiger partial charge in [-0.05, 0) is 109 Å². The maximum atomic E-state index is 13.6. The second-order valence-corrected chi connectivity index (χ2v) is 25.4. The number of esters is 1. The summed E-state index contributed by atoms with van der Waals surface area (Å²) < 4.78 is 30.7. The van der Waals surface area contributed by atoms with Gasteiger partial charge in [-0.2, -0.15) is 0 Å². The molecule has 9 nitrogen and oxygen atoms in total. The molecular weight excluding hydrogens is 1050 g/mol. The lowest BCUT2D eigenvalue weighted by Crippen LogP contribution is -2.47. The van der Waals surface area contributed by atoms with Crippen molar-refractivity contribution < 1.29 is 37.3 Å². The molecule has 0 spiro atoms. The van der Waals surface area contributed by atoms with Crippen molar-refractivity contribution in [2.45, 2.75) is 303 Å². The minimum absolute atomic E-state index is 0.0253. The van der Waals surface area contributed by atoms with Crippen molar-refractivity contribution in [3.05, 3.63) is 109 Å². The maximum Gasteiger partial charge on any atom is 0.472 e. The van der Waals surface area contributed by atoms with Gasteiger partial charge in [0.15, 0.2) is 0 Å². The Hall–Kier alpha value is -3.33. The van der Waals surface area contributed by atoms with Gasteiger partial charge in [-0.1, -0.05) is 278 Å². The molecule has 83 heavy (non-hydrogen) atoms. The lowest BCUT2D eigenvalue weighted by Gasteiger charge is -2.27. The molecule has 0 aromatic rings. The molecule has 0 radical (unpaired) electrons. The van der Waals surface area contributed by atoms with Gasteiger partial charge in [0.05, 0.1) is 33.8 Å². The Kier molecular flexibility index (Phi) is 59.3. The molecule has 0 saturated carbocycles. The van der Waals surface area contributed by atoms with Crippen LogP contribution in [0.15, 0.2) is 109 Å². The number of hydrogen-bond donors (Lipinski definition) is 2. The molecule has 478 valence electrons. The first-order chi connectivity index (χ1) is 40.4. The summed E-state index contributed by atoms with van der Waals surface area (Å²) >= 11 is 0. The van der Waals surface area contributed by atoms with Crippen LogP contribution in [0.25, 0.3) is 0 Å². The average Bonchev–Trinajstić information content (AvgIpc) is 3.46. The van der Waals surface area contributed by atoms with Crippen molar-refractivity contribution in [3.63, 3.8) is 0 Å². The first kappa shape index (κ1) is 79.7. The van der Waals surface area contributed by atoms with E-state index in [0.29, 0.717) is 17.4 Å². The van der Waals surface area contributed by atoms with Crippen LogP contribution in [0.3, 0.4) is 0 Å². The van der Waals surface area contributed by atoms with Crippen LogP contribution in [0.5, 0.6) is 0 Å². The van der Waals surface area contributed by atoms with Gasteiger partial charge >= 0.3 is 13.8 Å². The molecule has 0 aromatic heterocycles. The van der Waals surface area contributed by atoms with Crippen LogP contribution >= 0.6 is 7.82 Å². The maximum absolute atomic E-state index is 13.6. The Labute approximate surface area is 512 Å². The second kappa shape index (κ2) is 61.7. The van der Waals surface area contributed by atoms with Gasteiger partial charge in [0.1, 0.15) is 19.3 Å². The summed E-state index contributed by atoms with van der Waals surface area (Å²) in [5.41, 5.74) is 0. The van der Waals surface area contributed by atoms with Crippen molar-refractivity contribution in [1.82, 2.24) is 5.32 Å². The largest absolute Gasteiger partial charge is 0.472 e. The Balaban J connectivity index is 5.15. The van der Waals surface area contributed by atoms with Crippen molar-refractivity contribution in [1.29, 1.82) is 0 Å². The lowest BCUT2D eigenvalue weighted by molar-refractivity contribution is -0.870. The molecule has 10 heteroatoms. The zero-order valence-corrected chi connectivity index (χ0v) is 55.6. The van der Waals surface area contributed by atoms with Gasteiger partial charge in [-0.15, -0.1) is 0 Å². The van der Waals surface area contributed by atoms with Crippen LogP contribution in [-0.4, -0.2) is 74.3 Å². The van der Waals surface area contributed by atoms with E-state index in [4.69, 9.17) is 13.8 Å².